The first-order valence-electron chi connectivity index (χ1n) is 6.54. The topological polar surface area (TPSA) is 53.1 Å². The fourth-order valence-corrected chi connectivity index (χ4v) is 3.36. The first-order valence-corrected chi connectivity index (χ1v) is 6.54. The van der Waals surface area contributed by atoms with Crippen molar-refractivity contribution >= 4 is 11.5 Å². The predicted octanol–water partition coefficient (Wildman–Crippen LogP) is 2.35. The van der Waals surface area contributed by atoms with Crippen LogP contribution in [0, 0.1) is 23.1 Å². The number of anilines is 1. The van der Waals surface area contributed by atoms with E-state index in [9.17, 15) is 4.39 Å². The average Bonchev–Trinajstić information content (AvgIpc) is 2.88. The normalized spacial score (nSPS) is 26.4. The van der Waals surface area contributed by atoms with E-state index >= 15 is 0 Å². The molecule has 96 valence electrons. The summed E-state index contributed by atoms with van der Waals surface area (Å²) in [5.41, 5.74) is 6.48. The highest BCUT2D eigenvalue weighted by Crippen LogP contribution is 2.40. The molecule has 1 aromatic carbocycles. The van der Waals surface area contributed by atoms with Crippen molar-refractivity contribution in [2.75, 3.05) is 18.0 Å². The summed E-state index contributed by atoms with van der Waals surface area (Å²) < 4.78 is 14.0. The van der Waals surface area contributed by atoms with Gasteiger partial charge in [0, 0.05) is 18.7 Å². The predicted molar refractivity (Wildman–Crippen MR) is 70.5 cm³/mol. The van der Waals surface area contributed by atoms with Crippen molar-refractivity contribution in [2.45, 2.75) is 19.3 Å². The van der Waals surface area contributed by atoms with Crippen LogP contribution in [0.3, 0.4) is 0 Å². The Morgan fingerprint density at radius 3 is 2.50 bits per heavy atom. The van der Waals surface area contributed by atoms with Gasteiger partial charge in [-0.05, 0) is 42.9 Å². The zero-order valence-electron chi connectivity index (χ0n) is 10.3. The fourth-order valence-electron chi connectivity index (χ4n) is 3.36. The monoisotopic (exact) mass is 247 g/mol. The molecule has 0 spiro atoms. The molecule has 1 aliphatic carbocycles. The Hall–Kier alpha value is -1.58. The largest absolute Gasteiger partial charge is 0.384 e. The van der Waals surface area contributed by atoms with E-state index in [1.807, 2.05) is 0 Å². The third-order valence-corrected chi connectivity index (χ3v) is 4.33. The molecule has 1 aromatic rings. The SMILES string of the molecule is N=C(N)c1ccc(N2CC3CCCC3C2)c(F)c1. The minimum Gasteiger partial charge on any atom is -0.384 e. The van der Waals surface area contributed by atoms with Crippen LogP contribution in [0.2, 0.25) is 0 Å². The maximum Gasteiger partial charge on any atom is 0.147 e. The quantitative estimate of drug-likeness (QED) is 0.622. The number of nitrogen functional groups attached to an aromatic ring is 1. The summed E-state index contributed by atoms with van der Waals surface area (Å²) in [4.78, 5) is 2.15. The smallest absolute Gasteiger partial charge is 0.147 e. The second kappa shape index (κ2) is 4.26. The number of benzene rings is 1. The number of amidine groups is 1. The van der Waals surface area contributed by atoms with Gasteiger partial charge >= 0.3 is 0 Å². The molecular weight excluding hydrogens is 229 g/mol. The molecule has 0 radical (unpaired) electrons. The second-order valence-electron chi connectivity index (χ2n) is 5.44. The molecule has 1 saturated carbocycles. The van der Waals surface area contributed by atoms with Crippen molar-refractivity contribution in [1.29, 1.82) is 5.41 Å². The summed E-state index contributed by atoms with van der Waals surface area (Å²) in [5.74, 6) is 1.15. The molecule has 0 aromatic heterocycles. The van der Waals surface area contributed by atoms with Gasteiger partial charge in [-0.1, -0.05) is 6.42 Å². The lowest BCUT2D eigenvalue weighted by Gasteiger charge is -2.20. The molecule has 18 heavy (non-hydrogen) atoms. The van der Waals surface area contributed by atoms with Gasteiger partial charge in [-0.25, -0.2) is 4.39 Å². The number of nitrogens with one attached hydrogen (secondary N) is 1. The van der Waals surface area contributed by atoms with Crippen LogP contribution in [-0.4, -0.2) is 18.9 Å². The lowest BCUT2D eigenvalue weighted by atomic mass is 10.0. The standard InChI is InChI=1S/C14H18FN3/c15-12-6-9(14(16)17)4-5-13(12)18-7-10-2-1-3-11(10)8-18/h4-6,10-11H,1-3,7-8H2,(H3,16,17). The van der Waals surface area contributed by atoms with Crippen LogP contribution >= 0.6 is 0 Å². The summed E-state index contributed by atoms with van der Waals surface area (Å²) in [7, 11) is 0. The first kappa shape index (κ1) is 11.5. The van der Waals surface area contributed by atoms with Gasteiger partial charge < -0.3 is 10.6 Å². The fraction of sp³-hybridized carbons (Fsp3) is 0.500. The van der Waals surface area contributed by atoms with E-state index in [1.165, 1.54) is 25.3 Å². The highest BCUT2D eigenvalue weighted by Gasteiger charge is 2.36. The Balaban J connectivity index is 1.83. The Bertz CT molecular complexity index is 474. The van der Waals surface area contributed by atoms with Crippen LogP contribution in [0.25, 0.3) is 0 Å². The van der Waals surface area contributed by atoms with E-state index in [0.29, 0.717) is 11.3 Å². The van der Waals surface area contributed by atoms with Crippen LogP contribution in [0.15, 0.2) is 18.2 Å². The maximum atomic E-state index is 14.0. The van der Waals surface area contributed by atoms with Crippen LogP contribution in [0.5, 0.6) is 0 Å². The van der Waals surface area contributed by atoms with Gasteiger partial charge in [-0.2, -0.15) is 0 Å². The van der Waals surface area contributed by atoms with Crippen LogP contribution < -0.4 is 10.6 Å². The van der Waals surface area contributed by atoms with E-state index in [1.54, 1.807) is 12.1 Å². The minimum absolute atomic E-state index is 0.0845. The zero-order valence-corrected chi connectivity index (χ0v) is 10.3. The Morgan fingerprint density at radius 1 is 1.28 bits per heavy atom. The highest BCUT2D eigenvalue weighted by molar-refractivity contribution is 5.95. The van der Waals surface area contributed by atoms with Gasteiger partial charge in [0.2, 0.25) is 0 Å². The zero-order chi connectivity index (χ0) is 12.7. The molecule has 2 aliphatic rings. The van der Waals surface area contributed by atoms with E-state index in [-0.39, 0.29) is 11.7 Å². The van der Waals surface area contributed by atoms with Gasteiger partial charge in [0.15, 0.2) is 0 Å². The minimum atomic E-state index is -0.261. The number of rotatable bonds is 2. The molecule has 2 fully saturated rings. The van der Waals surface area contributed by atoms with Crippen molar-refractivity contribution in [3.63, 3.8) is 0 Å². The molecule has 4 heteroatoms. The van der Waals surface area contributed by atoms with Gasteiger partial charge in [0.1, 0.15) is 11.7 Å². The number of fused-ring (bicyclic) bond motifs is 1. The number of nitrogens with two attached hydrogens (primary N) is 1. The van der Waals surface area contributed by atoms with Gasteiger partial charge in [0.05, 0.1) is 5.69 Å². The van der Waals surface area contributed by atoms with E-state index in [4.69, 9.17) is 11.1 Å². The van der Waals surface area contributed by atoms with Crippen molar-refractivity contribution in [2.24, 2.45) is 17.6 Å². The molecule has 0 bridgehead atoms. The summed E-state index contributed by atoms with van der Waals surface area (Å²) in [6, 6.07) is 4.85. The van der Waals surface area contributed by atoms with Gasteiger partial charge in [-0.15, -0.1) is 0 Å². The molecule has 1 heterocycles. The number of nitrogens with zero attached hydrogens (tertiary/aromatic N) is 1. The summed E-state index contributed by atoms with van der Waals surface area (Å²) in [6.07, 6.45) is 3.90. The first-order chi connectivity index (χ1) is 8.65. The molecule has 1 saturated heterocycles. The third kappa shape index (κ3) is 1.85. The summed E-state index contributed by atoms with van der Waals surface area (Å²) >= 11 is 0. The molecule has 2 atom stereocenters. The van der Waals surface area contributed by atoms with Crippen LogP contribution in [-0.2, 0) is 0 Å². The van der Waals surface area contributed by atoms with Crippen LogP contribution in [0.1, 0.15) is 24.8 Å². The number of hydrogen-bond acceptors (Lipinski definition) is 2. The molecule has 1 aliphatic heterocycles. The van der Waals surface area contributed by atoms with Crippen molar-refractivity contribution < 1.29 is 4.39 Å². The molecule has 3 N–H and O–H groups in total. The van der Waals surface area contributed by atoms with E-state index < -0.39 is 0 Å². The molecule has 2 unspecified atom stereocenters. The van der Waals surface area contributed by atoms with Crippen LogP contribution in [0.4, 0.5) is 10.1 Å². The van der Waals surface area contributed by atoms with Gasteiger partial charge in [0.25, 0.3) is 0 Å². The second-order valence-corrected chi connectivity index (χ2v) is 5.44. The molecule has 3 nitrogen and oxygen atoms in total. The highest BCUT2D eigenvalue weighted by atomic mass is 19.1. The molecular formula is C14H18FN3. The summed E-state index contributed by atoms with van der Waals surface area (Å²) in [6.45, 7) is 1.95. The molecule has 3 rings (SSSR count). The Morgan fingerprint density at radius 2 is 1.94 bits per heavy atom. The number of halogens is 1. The van der Waals surface area contributed by atoms with Gasteiger partial charge in [-0.3, -0.25) is 5.41 Å². The van der Waals surface area contributed by atoms with E-state index in [2.05, 4.69) is 4.90 Å². The lowest BCUT2D eigenvalue weighted by molar-refractivity contribution is 0.494. The van der Waals surface area contributed by atoms with Crippen molar-refractivity contribution in [1.82, 2.24) is 0 Å². The lowest BCUT2D eigenvalue weighted by Crippen LogP contribution is -2.22. The Kier molecular flexibility index (Phi) is 2.73. The third-order valence-electron chi connectivity index (χ3n) is 4.33. The summed E-state index contributed by atoms with van der Waals surface area (Å²) in [5, 5.41) is 7.31. The number of hydrogen-bond donors (Lipinski definition) is 2. The maximum absolute atomic E-state index is 14.0. The van der Waals surface area contributed by atoms with Crippen molar-refractivity contribution in [3.8, 4) is 0 Å². The molecule has 0 amide bonds. The Labute approximate surface area is 106 Å². The van der Waals surface area contributed by atoms with E-state index in [0.717, 1.165) is 24.9 Å². The average molecular weight is 247 g/mol. The van der Waals surface area contributed by atoms with Crippen molar-refractivity contribution in [3.05, 3.63) is 29.6 Å².